The second-order valence-corrected chi connectivity index (χ2v) is 5.18. The highest BCUT2D eigenvalue weighted by atomic mass is 19.4. The Bertz CT molecular complexity index is 449. The molecule has 0 aromatic heterocycles. The van der Waals surface area contributed by atoms with E-state index in [2.05, 4.69) is 5.32 Å². The fraction of sp³-hybridized carbons (Fsp3) is 0.600. The molecule has 1 aromatic rings. The van der Waals surface area contributed by atoms with Gasteiger partial charge in [-0.15, -0.1) is 0 Å². The predicted octanol–water partition coefficient (Wildman–Crippen LogP) is 3.57. The number of alkyl halides is 3. The summed E-state index contributed by atoms with van der Waals surface area (Å²) in [6.45, 7) is 3.40. The molecule has 1 aromatic carbocycles. The summed E-state index contributed by atoms with van der Waals surface area (Å²) in [5, 5.41) is 2.96. The average molecular weight is 305 g/mol. The third kappa shape index (κ3) is 6.25. The first-order valence-electron chi connectivity index (χ1n) is 6.79. The van der Waals surface area contributed by atoms with E-state index in [0.29, 0.717) is 17.9 Å². The van der Waals surface area contributed by atoms with Crippen molar-refractivity contribution in [3.05, 3.63) is 23.8 Å². The number of halogens is 3. The zero-order valence-corrected chi connectivity index (χ0v) is 12.8. The van der Waals surface area contributed by atoms with Crippen LogP contribution in [0.1, 0.15) is 25.8 Å². The highest BCUT2D eigenvalue weighted by Gasteiger charge is 2.30. The van der Waals surface area contributed by atoms with Gasteiger partial charge in [0.2, 0.25) is 0 Å². The van der Waals surface area contributed by atoms with Gasteiger partial charge in [-0.2, -0.15) is 13.2 Å². The van der Waals surface area contributed by atoms with Crippen molar-refractivity contribution in [2.75, 3.05) is 14.2 Å². The van der Waals surface area contributed by atoms with E-state index in [9.17, 15) is 13.2 Å². The second-order valence-electron chi connectivity index (χ2n) is 5.18. The monoisotopic (exact) mass is 305 g/mol. The van der Waals surface area contributed by atoms with Gasteiger partial charge in [0.1, 0.15) is 0 Å². The summed E-state index contributed by atoms with van der Waals surface area (Å²) < 4.78 is 47.2. The van der Waals surface area contributed by atoms with Crippen LogP contribution >= 0.6 is 0 Å². The van der Waals surface area contributed by atoms with Gasteiger partial charge in [-0.25, -0.2) is 0 Å². The number of methoxy groups -OCH3 is 2. The van der Waals surface area contributed by atoms with Crippen molar-refractivity contribution in [1.29, 1.82) is 0 Å². The quantitative estimate of drug-likeness (QED) is 0.835. The molecular formula is C15H22F3NO2. The van der Waals surface area contributed by atoms with Crippen molar-refractivity contribution < 1.29 is 22.6 Å². The minimum Gasteiger partial charge on any atom is -0.493 e. The lowest BCUT2D eigenvalue weighted by Gasteiger charge is -2.21. The topological polar surface area (TPSA) is 30.5 Å². The second kappa shape index (κ2) is 7.54. The lowest BCUT2D eigenvalue weighted by molar-refractivity contribution is -0.139. The van der Waals surface area contributed by atoms with Crippen LogP contribution < -0.4 is 14.8 Å². The van der Waals surface area contributed by atoms with Crippen molar-refractivity contribution in [2.24, 2.45) is 0 Å². The van der Waals surface area contributed by atoms with Gasteiger partial charge in [0.05, 0.1) is 20.6 Å². The molecule has 1 N–H and O–H groups in total. The Balaban J connectivity index is 2.60. The molecule has 1 rings (SSSR count). The van der Waals surface area contributed by atoms with E-state index in [1.165, 1.54) is 0 Å². The Morgan fingerprint density at radius 3 is 2.19 bits per heavy atom. The SMILES string of the molecule is COc1ccc(CC(C)NC(C)CC(F)(F)F)cc1OC. The highest BCUT2D eigenvalue weighted by molar-refractivity contribution is 5.43. The van der Waals surface area contributed by atoms with Gasteiger partial charge in [-0.05, 0) is 38.0 Å². The van der Waals surface area contributed by atoms with E-state index < -0.39 is 18.6 Å². The minimum absolute atomic E-state index is 0.0690. The fourth-order valence-electron chi connectivity index (χ4n) is 2.31. The van der Waals surface area contributed by atoms with E-state index in [1.807, 2.05) is 19.1 Å². The van der Waals surface area contributed by atoms with Gasteiger partial charge >= 0.3 is 6.18 Å². The first-order chi connectivity index (χ1) is 9.75. The van der Waals surface area contributed by atoms with Crippen LogP contribution in [0.4, 0.5) is 13.2 Å². The molecule has 0 radical (unpaired) electrons. The Morgan fingerprint density at radius 1 is 1.05 bits per heavy atom. The fourth-order valence-corrected chi connectivity index (χ4v) is 2.31. The van der Waals surface area contributed by atoms with Gasteiger partial charge in [-0.3, -0.25) is 0 Å². The van der Waals surface area contributed by atoms with Crippen molar-refractivity contribution in [3.63, 3.8) is 0 Å². The highest BCUT2D eigenvalue weighted by Crippen LogP contribution is 2.28. The molecule has 0 saturated carbocycles. The molecule has 0 heterocycles. The van der Waals surface area contributed by atoms with E-state index in [4.69, 9.17) is 9.47 Å². The molecule has 0 bridgehead atoms. The summed E-state index contributed by atoms with van der Waals surface area (Å²) in [4.78, 5) is 0. The van der Waals surface area contributed by atoms with Crippen LogP contribution in [0.2, 0.25) is 0 Å². The van der Waals surface area contributed by atoms with Crippen LogP contribution in [-0.4, -0.2) is 32.5 Å². The molecule has 0 spiro atoms. The van der Waals surface area contributed by atoms with Crippen molar-refractivity contribution in [3.8, 4) is 11.5 Å². The van der Waals surface area contributed by atoms with E-state index in [1.54, 1.807) is 27.2 Å². The molecule has 3 nitrogen and oxygen atoms in total. The number of hydrogen-bond acceptors (Lipinski definition) is 3. The molecular weight excluding hydrogens is 283 g/mol. The smallest absolute Gasteiger partial charge is 0.390 e. The summed E-state index contributed by atoms with van der Waals surface area (Å²) in [6, 6.07) is 4.83. The van der Waals surface area contributed by atoms with Crippen LogP contribution in [0.25, 0.3) is 0 Å². The van der Waals surface area contributed by atoms with Gasteiger partial charge in [0.25, 0.3) is 0 Å². The van der Waals surface area contributed by atoms with Crippen molar-refractivity contribution >= 4 is 0 Å². The number of ether oxygens (including phenoxy) is 2. The summed E-state index contributed by atoms with van der Waals surface area (Å²) in [5.41, 5.74) is 0.979. The summed E-state index contributed by atoms with van der Waals surface area (Å²) in [6.07, 6.45) is -4.36. The average Bonchev–Trinajstić information content (AvgIpc) is 2.35. The van der Waals surface area contributed by atoms with Crippen LogP contribution in [0.3, 0.4) is 0 Å². The Morgan fingerprint density at radius 2 is 1.67 bits per heavy atom. The number of nitrogens with one attached hydrogen (secondary N) is 1. The lowest BCUT2D eigenvalue weighted by Crippen LogP contribution is -2.38. The summed E-state index contributed by atoms with van der Waals surface area (Å²) in [7, 11) is 3.11. The predicted molar refractivity (Wildman–Crippen MR) is 76.0 cm³/mol. The van der Waals surface area contributed by atoms with E-state index >= 15 is 0 Å². The molecule has 2 atom stereocenters. The normalized spacial score (nSPS) is 14.6. The molecule has 0 aliphatic carbocycles. The van der Waals surface area contributed by atoms with Crippen LogP contribution in [0.15, 0.2) is 18.2 Å². The summed E-state index contributed by atoms with van der Waals surface area (Å²) >= 11 is 0. The number of rotatable bonds is 7. The van der Waals surface area contributed by atoms with Crippen LogP contribution in [0.5, 0.6) is 11.5 Å². The van der Waals surface area contributed by atoms with Crippen LogP contribution in [0, 0.1) is 0 Å². The number of hydrogen-bond donors (Lipinski definition) is 1. The molecule has 6 heteroatoms. The molecule has 0 fully saturated rings. The van der Waals surface area contributed by atoms with E-state index in [-0.39, 0.29) is 6.04 Å². The maximum absolute atomic E-state index is 12.3. The molecule has 120 valence electrons. The van der Waals surface area contributed by atoms with E-state index in [0.717, 1.165) is 5.56 Å². The third-order valence-electron chi connectivity index (χ3n) is 3.10. The Labute approximate surface area is 123 Å². The maximum Gasteiger partial charge on any atom is 0.390 e. The summed E-state index contributed by atoms with van der Waals surface area (Å²) in [5.74, 6) is 1.25. The Hall–Kier alpha value is -1.43. The number of benzene rings is 1. The first-order valence-corrected chi connectivity index (χ1v) is 6.79. The molecule has 0 amide bonds. The minimum atomic E-state index is -4.14. The molecule has 0 saturated heterocycles. The molecule has 21 heavy (non-hydrogen) atoms. The van der Waals surface area contributed by atoms with Gasteiger partial charge in [-0.1, -0.05) is 6.07 Å². The Kier molecular flexibility index (Phi) is 6.33. The van der Waals surface area contributed by atoms with Crippen molar-refractivity contribution in [1.82, 2.24) is 5.32 Å². The van der Waals surface area contributed by atoms with Crippen molar-refractivity contribution in [2.45, 2.75) is 44.9 Å². The molecule has 2 unspecified atom stereocenters. The lowest BCUT2D eigenvalue weighted by atomic mass is 10.1. The van der Waals surface area contributed by atoms with Gasteiger partial charge < -0.3 is 14.8 Å². The first kappa shape index (κ1) is 17.6. The zero-order chi connectivity index (χ0) is 16.0. The zero-order valence-electron chi connectivity index (χ0n) is 12.8. The maximum atomic E-state index is 12.3. The third-order valence-corrected chi connectivity index (χ3v) is 3.10. The molecule has 0 aliphatic heterocycles. The molecule has 0 aliphatic rings. The van der Waals surface area contributed by atoms with Gasteiger partial charge in [0.15, 0.2) is 11.5 Å². The van der Waals surface area contributed by atoms with Gasteiger partial charge in [0, 0.05) is 12.1 Å². The largest absolute Gasteiger partial charge is 0.493 e. The van der Waals surface area contributed by atoms with Crippen LogP contribution in [-0.2, 0) is 6.42 Å². The standard InChI is InChI=1S/C15H22F3NO2/c1-10(19-11(2)9-15(16,17)18)7-12-5-6-13(20-3)14(8-12)21-4/h5-6,8,10-11,19H,7,9H2,1-4H3.